The van der Waals surface area contributed by atoms with Gasteiger partial charge >= 0.3 is 0 Å². The van der Waals surface area contributed by atoms with Crippen molar-refractivity contribution in [2.75, 3.05) is 25.5 Å². The van der Waals surface area contributed by atoms with E-state index in [9.17, 15) is 4.79 Å². The fourth-order valence-electron chi connectivity index (χ4n) is 1.73. The molecule has 0 heterocycles. The minimum Gasteiger partial charge on any atom is -0.387 e. The summed E-state index contributed by atoms with van der Waals surface area (Å²) in [6.45, 7) is 7.48. The molecule has 1 aromatic rings. The van der Waals surface area contributed by atoms with Crippen molar-refractivity contribution in [2.24, 2.45) is 0 Å². The summed E-state index contributed by atoms with van der Waals surface area (Å²) in [5, 5.41) is 3.06. The number of anilines is 1. The molecule has 1 amide bonds. The molecule has 0 unspecified atom stereocenters. The highest BCUT2D eigenvalue weighted by atomic mass is 16.2. The smallest absolute Gasteiger partial charge is 0.255 e. The van der Waals surface area contributed by atoms with Gasteiger partial charge in [0.2, 0.25) is 0 Å². The van der Waals surface area contributed by atoms with Gasteiger partial charge in [0.25, 0.3) is 5.91 Å². The van der Waals surface area contributed by atoms with Gasteiger partial charge in [-0.3, -0.25) is 4.79 Å². The van der Waals surface area contributed by atoms with E-state index in [1.165, 1.54) is 0 Å². The van der Waals surface area contributed by atoms with Gasteiger partial charge in [0.1, 0.15) is 0 Å². The molecule has 16 heavy (non-hydrogen) atoms. The fraction of sp³-hybridized carbons (Fsp3) is 0.462. The number of amides is 1. The molecule has 88 valence electrons. The number of nitrogens with one attached hydrogen (secondary N) is 1. The van der Waals surface area contributed by atoms with Gasteiger partial charge in [-0.05, 0) is 32.9 Å². The average molecular weight is 220 g/mol. The van der Waals surface area contributed by atoms with E-state index in [1.54, 1.807) is 0 Å². The molecule has 0 saturated heterocycles. The van der Waals surface area contributed by atoms with E-state index >= 15 is 0 Å². The zero-order chi connectivity index (χ0) is 12.1. The Morgan fingerprint density at radius 2 is 1.94 bits per heavy atom. The maximum absolute atomic E-state index is 12.2. The Labute approximate surface area is 97.5 Å². The van der Waals surface area contributed by atoms with Crippen LogP contribution in [0.25, 0.3) is 0 Å². The Morgan fingerprint density at radius 3 is 2.44 bits per heavy atom. The predicted octanol–water partition coefficient (Wildman–Crippen LogP) is 2.52. The molecule has 1 rings (SSSR count). The maximum atomic E-state index is 12.2. The summed E-state index contributed by atoms with van der Waals surface area (Å²) in [7, 11) is 1.84. The monoisotopic (exact) mass is 220 g/mol. The van der Waals surface area contributed by atoms with Crippen LogP contribution in [0, 0.1) is 6.92 Å². The zero-order valence-electron chi connectivity index (χ0n) is 10.5. The van der Waals surface area contributed by atoms with Crippen molar-refractivity contribution in [2.45, 2.75) is 20.8 Å². The lowest BCUT2D eigenvalue weighted by Gasteiger charge is -2.20. The Kier molecular flexibility index (Phi) is 4.35. The van der Waals surface area contributed by atoms with E-state index in [0.29, 0.717) is 0 Å². The molecule has 0 aromatic heterocycles. The number of carbonyl (C=O) groups excluding carboxylic acids is 1. The number of hydrogen-bond acceptors (Lipinski definition) is 2. The second-order valence-corrected chi connectivity index (χ2v) is 3.78. The number of aryl methyl sites for hydroxylation is 1. The van der Waals surface area contributed by atoms with Crippen LogP contribution in [0.1, 0.15) is 29.8 Å². The standard InChI is InChI=1S/C13H20N2O/c1-5-15(6-2)13(16)11-9-10(3)7-8-12(11)14-4/h7-9,14H,5-6H2,1-4H3. The third kappa shape index (κ3) is 2.54. The first-order valence-corrected chi connectivity index (χ1v) is 5.71. The van der Waals surface area contributed by atoms with Crippen LogP contribution in [0.3, 0.4) is 0 Å². The molecule has 0 radical (unpaired) electrons. The summed E-state index contributed by atoms with van der Waals surface area (Å²) in [5.74, 6) is 0.0954. The summed E-state index contributed by atoms with van der Waals surface area (Å²) in [6, 6.07) is 5.89. The second kappa shape index (κ2) is 5.54. The SMILES string of the molecule is CCN(CC)C(=O)c1cc(C)ccc1NC. The molecule has 0 saturated carbocycles. The zero-order valence-corrected chi connectivity index (χ0v) is 10.5. The van der Waals surface area contributed by atoms with Gasteiger partial charge in [-0.1, -0.05) is 11.6 Å². The predicted molar refractivity (Wildman–Crippen MR) is 68.0 cm³/mol. The van der Waals surface area contributed by atoms with Crippen molar-refractivity contribution in [3.05, 3.63) is 29.3 Å². The summed E-state index contributed by atoms with van der Waals surface area (Å²) in [4.78, 5) is 14.1. The number of rotatable bonds is 4. The molecular formula is C13H20N2O. The van der Waals surface area contributed by atoms with E-state index in [1.807, 2.05) is 50.9 Å². The molecule has 3 nitrogen and oxygen atoms in total. The van der Waals surface area contributed by atoms with Gasteiger partial charge in [0.05, 0.1) is 5.56 Å². The fourth-order valence-corrected chi connectivity index (χ4v) is 1.73. The summed E-state index contributed by atoms with van der Waals surface area (Å²) >= 11 is 0. The molecular weight excluding hydrogens is 200 g/mol. The quantitative estimate of drug-likeness (QED) is 0.845. The van der Waals surface area contributed by atoms with E-state index in [-0.39, 0.29) is 5.91 Å². The van der Waals surface area contributed by atoms with Gasteiger partial charge in [0.15, 0.2) is 0 Å². The molecule has 0 fully saturated rings. The number of hydrogen-bond donors (Lipinski definition) is 1. The first-order chi connectivity index (χ1) is 7.63. The van der Waals surface area contributed by atoms with Crippen LogP contribution in [0.2, 0.25) is 0 Å². The summed E-state index contributed by atoms with van der Waals surface area (Å²) in [6.07, 6.45) is 0. The van der Waals surface area contributed by atoms with Crippen LogP contribution in [-0.4, -0.2) is 30.9 Å². The second-order valence-electron chi connectivity index (χ2n) is 3.78. The molecule has 0 aliphatic heterocycles. The molecule has 0 spiro atoms. The van der Waals surface area contributed by atoms with E-state index < -0.39 is 0 Å². The Morgan fingerprint density at radius 1 is 1.31 bits per heavy atom. The summed E-state index contributed by atoms with van der Waals surface area (Å²) < 4.78 is 0. The topological polar surface area (TPSA) is 32.3 Å². The minimum absolute atomic E-state index is 0.0954. The maximum Gasteiger partial charge on any atom is 0.255 e. The van der Waals surface area contributed by atoms with E-state index in [2.05, 4.69) is 5.32 Å². The molecule has 1 aromatic carbocycles. The lowest BCUT2D eigenvalue weighted by molar-refractivity contribution is 0.0774. The van der Waals surface area contributed by atoms with Gasteiger partial charge < -0.3 is 10.2 Å². The van der Waals surface area contributed by atoms with E-state index in [4.69, 9.17) is 0 Å². The highest BCUT2D eigenvalue weighted by molar-refractivity contribution is 5.99. The van der Waals surface area contributed by atoms with Crippen molar-refractivity contribution < 1.29 is 4.79 Å². The molecule has 0 aliphatic rings. The average Bonchev–Trinajstić information content (AvgIpc) is 2.30. The Bertz CT molecular complexity index is 370. The Hall–Kier alpha value is -1.51. The normalized spacial score (nSPS) is 10.0. The molecule has 0 atom stereocenters. The first-order valence-electron chi connectivity index (χ1n) is 5.71. The third-order valence-corrected chi connectivity index (χ3v) is 2.73. The molecule has 0 bridgehead atoms. The lowest BCUT2D eigenvalue weighted by Crippen LogP contribution is -2.31. The van der Waals surface area contributed by atoms with Crippen molar-refractivity contribution in [3.63, 3.8) is 0 Å². The largest absolute Gasteiger partial charge is 0.387 e. The van der Waals surface area contributed by atoms with Crippen molar-refractivity contribution in [1.29, 1.82) is 0 Å². The number of nitrogens with zero attached hydrogens (tertiary/aromatic N) is 1. The summed E-state index contributed by atoms with van der Waals surface area (Å²) in [5.41, 5.74) is 2.75. The molecule has 0 aliphatic carbocycles. The van der Waals surface area contributed by atoms with Crippen LogP contribution < -0.4 is 5.32 Å². The van der Waals surface area contributed by atoms with Crippen molar-refractivity contribution >= 4 is 11.6 Å². The van der Waals surface area contributed by atoms with Crippen LogP contribution >= 0.6 is 0 Å². The van der Waals surface area contributed by atoms with Gasteiger partial charge in [-0.25, -0.2) is 0 Å². The highest BCUT2D eigenvalue weighted by Gasteiger charge is 2.15. The molecule has 3 heteroatoms. The number of benzene rings is 1. The minimum atomic E-state index is 0.0954. The van der Waals surface area contributed by atoms with Crippen molar-refractivity contribution in [3.8, 4) is 0 Å². The highest BCUT2D eigenvalue weighted by Crippen LogP contribution is 2.18. The van der Waals surface area contributed by atoms with Gasteiger partial charge in [-0.2, -0.15) is 0 Å². The van der Waals surface area contributed by atoms with Crippen LogP contribution in [0.4, 0.5) is 5.69 Å². The van der Waals surface area contributed by atoms with Crippen LogP contribution in [0.15, 0.2) is 18.2 Å². The van der Waals surface area contributed by atoms with Crippen molar-refractivity contribution in [1.82, 2.24) is 4.90 Å². The van der Waals surface area contributed by atoms with Crippen LogP contribution in [-0.2, 0) is 0 Å². The first kappa shape index (κ1) is 12.6. The third-order valence-electron chi connectivity index (χ3n) is 2.73. The molecule has 1 N–H and O–H groups in total. The van der Waals surface area contributed by atoms with Gasteiger partial charge in [-0.15, -0.1) is 0 Å². The van der Waals surface area contributed by atoms with Gasteiger partial charge in [0, 0.05) is 25.8 Å². The van der Waals surface area contributed by atoms with Crippen LogP contribution in [0.5, 0.6) is 0 Å². The lowest BCUT2D eigenvalue weighted by atomic mass is 10.1. The Balaban J connectivity index is 3.10. The number of carbonyl (C=O) groups is 1. The van der Waals surface area contributed by atoms with E-state index in [0.717, 1.165) is 29.9 Å².